The molecule has 4 rings (SSSR count). The Kier molecular flexibility index (Phi) is 4.65. The molecule has 2 N–H and O–H groups in total. The summed E-state index contributed by atoms with van der Waals surface area (Å²) in [5, 5.41) is 5.40. The van der Waals surface area contributed by atoms with E-state index in [-0.39, 0.29) is 30.0 Å². The van der Waals surface area contributed by atoms with Gasteiger partial charge in [-0.25, -0.2) is 9.37 Å². The van der Waals surface area contributed by atoms with E-state index < -0.39 is 5.82 Å². The fraction of sp³-hybridized carbons (Fsp3) is 0.190. The number of hydrogen-bond acceptors (Lipinski definition) is 3. The van der Waals surface area contributed by atoms with E-state index >= 15 is 0 Å². The highest BCUT2D eigenvalue weighted by Crippen LogP contribution is 2.30. The Hall–Kier alpha value is -3.48. The lowest BCUT2D eigenvalue weighted by Crippen LogP contribution is -2.40. The Morgan fingerprint density at radius 2 is 2.00 bits per heavy atom. The number of fused-ring (bicyclic) bond motifs is 1. The molecule has 28 heavy (non-hydrogen) atoms. The number of rotatable bonds is 4. The number of amides is 2. The third kappa shape index (κ3) is 3.26. The molecule has 1 aliphatic heterocycles. The summed E-state index contributed by atoms with van der Waals surface area (Å²) in [6, 6.07) is 13.5. The summed E-state index contributed by atoms with van der Waals surface area (Å²) in [5.74, 6) is -0.400. The van der Waals surface area contributed by atoms with Gasteiger partial charge in [0, 0.05) is 18.5 Å². The maximum absolute atomic E-state index is 13.8. The molecule has 2 aromatic carbocycles. The first-order valence-electron chi connectivity index (χ1n) is 9.00. The molecule has 1 atom stereocenters. The Balaban J connectivity index is 1.64. The van der Waals surface area contributed by atoms with E-state index in [0.29, 0.717) is 18.1 Å². The number of nitrogens with zero attached hydrogens (tertiary/aromatic N) is 2. The molecular formula is C21H19FN4O2. The van der Waals surface area contributed by atoms with E-state index in [9.17, 15) is 14.0 Å². The van der Waals surface area contributed by atoms with E-state index in [0.717, 1.165) is 11.1 Å². The second-order valence-electron chi connectivity index (χ2n) is 6.75. The fourth-order valence-electron chi connectivity index (χ4n) is 3.46. The molecule has 1 aliphatic rings. The number of nitrogens with one attached hydrogen (secondary N) is 2. The molecule has 1 unspecified atom stereocenters. The van der Waals surface area contributed by atoms with Gasteiger partial charge in [-0.05, 0) is 24.6 Å². The van der Waals surface area contributed by atoms with Crippen LogP contribution < -0.4 is 10.6 Å². The minimum Gasteiger partial charge on any atom is -0.349 e. The van der Waals surface area contributed by atoms with Crippen molar-refractivity contribution >= 4 is 17.5 Å². The maximum atomic E-state index is 13.8. The van der Waals surface area contributed by atoms with Crippen molar-refractivity contribution in [2.45, 2.75) is 19.4 Å². The van der Waals surface area contributed by atoms with Crippen molar-refractivity contribution in [2.75, 3.05) is 11.9 Å². The molecule has 7 heteroatoms. The molecule has 0 saturated carbocycles. The third-order valence-electron chi connectivity index (χ3n) is 4.85. The summed E-state index contributed by atoms with van der Waals surface area (Å²) in [5.41, 5.74) is 2.48. The van der Waals surface area contributed by atoms with Crippen molar-refractivity contribution in [3.8, 4) is 11.4 Å². The SMILES string of the molecule is Cc1ccccc1-c1ncc2n1C(CC(=O)Nc1ccccc1F)CNC2=O. The van der Waals surface area contributed by atoms with Crippen LogP contribution in [-0.4, -0.2) is 27.9 Å². The van der Waals surface area contributed by atoms with Crippen LogP contribution in [0.3, 0.4) is 0 Å². The first-order chi connectivity index (χ1) is 13.5. The van der Waals surface area contributed by atoms with Gasteiger partial charge in [0.15, 0.2) is 0 Å². The summed E-state index contributed by atoms with van der Waals surface area (Å²) in [7, 11) is 0. The van der Waals surface area contributed by atoms with Crippen LogP contribution in [0.25, 0.3) is 11.4 Å². The summed E-state index contributed by atoms with van der Waals surface area (Å²) < 4.78 is 15.6. The van der Waals surface area contributed by atoms with Gasteiger partial charge in [0.05, 0.1) is 17.9 Å². The van der Waals surface area contributed by atoms with Crippen LogP contribution in [0.1, 0.15) is 28.5 Å². The van der Waals surface area contributed by atoms with Crippen molar-refractivity contribution in [3.63, 3.8) is 0 Å². The summed E-state index contributed by atoms with van der Waals surface area (Å²) in [6.07, 6.45) is 1.61. The Morgan fingerprint density at radius 3 is 2.79 bits per heavy atom. The van der Waals surface area contributed by atoms with Gasteiger partial charge in [-0.2, -0.15) is 0 Å². The van der Waals surface area contributed by atoms with Gasteiger partial charge < -0.3 is 15.2 Å². The Morgan fingerprint density at radius 1 is 1.25 bits per heavy atom. The molecule has 2 heterocycles. The smallest absolute Gasteiger partial charge is 0.269 e. The average molecular weight is 378 g/mol. The molecular weight excluding hydrogens is 359 g/mol. The number of aryl methyl sites for hydroxylation is 1. The van der Waals surface area contributed by atoms with Crippen molar-refractivity contribution < 1.29 is 14.0 Å². The second kappa shape index (κ2) is 7.26. The molecule has 0 bridgehead atoms. The lowest BCUT2D eigenvalue weighted by Gasteiger charge is -2.27. The van der Waals surface area contributed by atoms with Crippen LogP contribution in [0, 0.1) is 12.7 Å². The summed E-state index contributed by atoms with van der Waals surface area (Å²) in [4.78, 5) is 29.2. The van der Waals surface area contributed by atoms with Crippen LogP contribution in [0.4, 0.5) is 10.1 Å². The average Bonchev–Trinajstić information content (AvgIpc) is 3.12. The van der Waals surface area contributed by atoms with Gasteiger partial charge >= 0.3 is 0 Å². The number of carbonyl (C=O) groups is 2. The highest BCUT2D eigenvalue weighted by molar-refractivity contribution is 5.95. The first kappa shape index (κ1) is 17.9. The highest BCUT2D eigenvalue weighted by Gasteiger charge is 2.30. The number of carbonyl (C=O) groups excluding carboxylic acids is 2. The molecule has 1 aromatic heterocycles. The number of halogens is 1. The van der Waals surface area contributed by atoms with Gasteiger partial charge in [-0.3, -0.25) is 9.59 Å². The molecule has 0 fully saturated rings. The number of benzene rings is 2. The summed E-state index contributed by atoms with van der Waals surface area (Å²) >= 11 is 0. The van der Waals surface area contributed by atoms with Crippen LogP contribution in [0.2, 0.25) is 0 Å². The topological polar surface area (TPSA) is 76.0 Å². The van der Waals surface area contributed by atoms with Crippen LogP contribution >= 0.6 is 0 Å². The van der Waals surface area contributed by atoms with Crippen molar-refractivity contribution in [1.29, 1.82) is 0 Å². The monoisotopic (exact) mass is 378 g/mol. The molecule has 3 aromatic rings. The van der Waals surface area contributed by atoms with Gasteiger partial charge in [-0.15, -0.1) is 0 Å². The van der Waals surface area contributed by atoms with E-state index in [4.69, 9.17) is 0 Å². The lowest BCUT2D eigenvalue weighted by atomic mass is 10.1. The van der Waals surface area contributed by atoms with E-state index in [1.807, 2.05) is 35.8 Å². The maximum Gasteiger partial charge on any atom is 0.269 e. The standard InChI is InChI=1S/C21H19FN4O2/c1-13-6-2-3-7-15(13)20-23-12-18-21(28)24-11-14(26(18)20)10-19(27)25-17-9-5-4-8-16(17)22/h2-9,12,14H,10-11H2,1H3,(H,24,28)(H,25,27). The molecule has 0 radical (unpaired) electrons. The minimum atomic E-state index is -0.489. The lowest BCUT2D eigenvalue weighted by molar-refractivity contribution is -0.117. The van der Waals surface area contributed by atoms with Crippen LogP contribution in [0.15, 0.2) is 54.7 Å². The fourth-order valence-corrected chi connectivity index (χ4v) is 3.46. The first-order valence-corrected chi connectivity index (χ1v) is 9.00. The number of imidazole rings is 1. The van der Waals surface area contributed by atoms with Crippen molar-refractivity contribution in [3.05, 3.63) is 71.8 Å². The highest BCUT2D eigenvalue weighted by atomic mass is 19.1. The Bertz CT molecular complexity index is 1060. The number of hydrogen-bond donors (Lipinski definition) is 2. The number of para-hydroxylation sites is 1. The quantitative estimate of drug-likeness (QED) is 0.731. The molecule has 0 aliphatic carbocycles. The minimum absolute atomic E-state index is 0.0802. The van der Waals surface area contributed by atoms with Crippen LogP contribution in [-0.2, 0) is 4.79 Å². The van der Waals surface area contributed by atoms with Gasteiger partial charge in [0.2, 0.25) is 5.91 Å². The van der Waals surface area contributed by atoms with Crippen molar-refractivity contribution in [1.82, 2.24) is 14.9 Å². The molecule has 142 valence electrons. The summed E-state index contributed by atoms with van der Waals surface area (Å²) in [6.45, 7) is 2.27. The largest absolute Gasteiger partial charge is 0.349 e. The van der Waals surface area contributed by atoms with Crippen LogP contribution in [0.5, 0.6) is 0 Å². The predicted molar refractivity (Wildman–Crippen MR) is 103 cm³/mol. The zero-order valence-electron chi connectivity index (χ0n) is 15.3. The number of aromatic nitrogens is 2. The van der Waals surface area contributed by atoms with E-state index in [1.54, 1.807) is 12.1 Å². The van der Waals surface area contributed by atoms with E-state index in [2.05, 4.69) is 15.6 Å². The molecule has 2 amide bonds. The van der Waals surface area contributed by atoms with Crippen molar-refractivity contribution in [2.24, 2.45) is 0 Å². The second-order valence-corrected chi connectivity index (χ2v) is 6.75. The zero-order chi connectivity index (χ0) is 19.7. The predicted octanol–water partition coefficient (Wildman–Crippen LogP) is 3.31. The van der Waals surface area contributed by atoms with Gasteiger partial charge in [0.1, 0.15) is 17.3 Å². The molecule has 0 saturated heterocycles. The van der Waals surface area contributed by atoms with Gasteiger partial charge in [-0.1, -0.05) is 36.4 Å². The molecule has 6 nitrogen and oxygen atoms in total. The Labute approximate surface area is 161 Å². The number of anilines is 1. The third-order valence-corrected chi connectivity index (χ3v) is 4.85. The molecule has 0 spiro atoms. The zero-order valence-corrected chi connectivity index (χ0v) is 15.3. The van der Waals surface area contributed by atoms with Gasteiger partial charge in [0.25, 0.3) is 5.91 Å². The van der Waals surface area contributed by atoms with E-state index in [1.165, 1.54) is 18.3 Å². The normalized spacial score (nSPS) is 15.6.